The van der Waals surface area contributed by atoms with Crippen LogP contribution in [0.3, 0.4) is 0 Å². The van der Waals surface area contributed by atoms with Crippen molar-refractivity contribution in [3.63, 3.8) is 0 Å². The summed E-state index contributed by atoms with van der Waals surface area (Å²) in [4.78, 5) is 0. The molecule has 4 heteroatoms. The van der Waals surface area contributed by atoms with E-state index in [1.165, 1.54) is 11.1 Å². The largest absolute Gasteiger partial charge is 0.485 e. The van der Waals surface area contributed by atoms with E-state index in [-0.39, 0.29) is 6.10 Å². The monoisotopic (exact) mass is 274 g/mol. The molecule has 0 spiro atoms. The average molecular weight is 274 g/mol. The molecule has 0 saturated heterocycles. The molecular formula is C15H18N2OS. The van der Waals surface area contributed by atoms with Crippen molar-refractivity contribution < 1.29 is 4.74 Å². The van der Waals surface area contributed by atoms with Gasteiger partial charge in [0, 0.05) is 13.1 Å². The second-order valence-electron chi connectivity index (χ2n) is 4.83. The third kappa shape index (κ3) is 2.91. The van der Waals surface area contributed by atoms with Gasteiger partial charge in [0.15, 0.2) is 0 Å². The molecule has 1 aromatic heterocycles. The number of aryl methyl sites for hydroxylation is 1. The Morgan fingerprint density at radius 3 is 3.11 bits per heavy atom. The zero-order valence-corrected chi connectivity index (χ0v) is 11.8. The summed E-state index contributed by atoms with van der Waals surface area (Å²) in [6, 6.07) is 8.09. The minimum absolute atomic E-state index is 0.189. The molecule has 1 unspecified atom stereocenters. The van der Waals surface area contributed by atoms with Crippen LogP contribution in [0.15, 0.2) is 35.0 Å². The van der Waals surface area contributed by atoms with E-state index in [0.29, 0.717) is 0 Å². The number of rotatable bonds is 4. The van der Waals surface area contributed by atoms with E-state index in [1.54, 1.807) is 11.3 Å². The van der Waals surface area contributed by atoms with Gasteiger partial charge in [-0.15, -0.1) is 0 Å². The second kappa shape index (κ2) is 5.63. The van der Waals surface area contributed by atoms with Crippen molar-refractivity contribution in [2.75, 3.05) is 18.4 Å². The number of hydrogen-bond acceptors (Lipinski definition) is 4. The van der Waals surface area contributed by atoms with E-state index in [0.717, 1.165) is 31.1 Å². The Morgan fingerprint density at radius 2 is 2.26 bits per heavy atom. The Hall–Kier alpha value is -1.52. The van der Waals surface area contributed by atoms with Gasteiger partial charge in [0.05, 0.1) is 12.2 Å². The van der Waals surface area contributed by atoms with Crippen molar-refractivity contribution in [2.24, 2.45) is 0 Å². The summed E-state index contributed by atoms with van der Waals surface area (Å²) in [7, 11) is 0. The van der Waals surface area contributed by atoms with Gasteiger partial charge < -0.3 is 15.4 Å². The summed E-state index contributed by atoms with van der Waals surface area (Å²) >= 11 is 1.76. The molecule has 1 atom stereocenters. The summed E-state index contributed by atoms with van der Waals surface area (Å²) in [6.07, 6.45) is 0.189. The first-order valence-electron chi connectivity index (χ1n) is 6.55. The van der Waals surface area contributed by atoms with Crippen LogP contribution in [-0.2, 0) is 6.54 Å². The summed E-state index contributed by atoms with van der Waals surface area (Å²) < 4.78 is 5.96. The van der Waals surface area contributed by atoms with Crippen LogP contribution in [0.4, 0.5) is 5.69 Å². The van der Waals surface area contributed by atoms with Crippen molar-refractivity contribution in [3.8, 4) is 5.75 Å². The zero-order valence-electron chi connectivity index (χ0n) is 11.0. The van der Waals surface area contributed by atoms with E-state index in [1.807, 2.05) is 24.3 Å². The lowest BCUT2D eigenvalue weighted by molar-refractivity contribution is 0.201. The van der Waals surface area contributed by atoms with Gasteiger partial charge >= 0.3 is 0 Å². The molecule has 100 valence electrons. The Balaban J connectivity index is 1.51. The fourth-order valence-electron chi connectivity index (χ4n) is 2.21. The highest BCUT2D eigenvalue weighted by Crippen LogP contribution is 2.27. The molecule has 0 saturated carbocycles. The molecule has 0 aliphatic carbocycles. The molecule has 3 rings (SSSR count). The van der Waals surface area contributed by atoms with Crippen LogP contribution in [0.2, 0.25) is 0 Å². The lowest BCUT2D eigenvalue weighted by atomic mass is 10.2. The summed E-state index contributed by atoms with van der Waals surface area (Å²) in [5.41, 5.74) is 3.84. The molecule has 1 aliphatic heterocycles. The Labute approximate surface area is 117 Å². The highest BCUT2D eigenvalue weighted by atomic mass is 32.1. The predicted molar refractivity (Wildman–Crippen MR) is 80.1 cm³/mol. The Kier molecular flexibility index (Phi) is 3.71. The number of thiophene rings is 1. The molecule has 0 amide bonds. The van der Waals surface area contributed by atoms with Gasteiger partial charge in [-0.1, -0.05) is 12.1 Å². The van der Waals surface area contributed by atoms with E-state index < -0.39 is 0 Å². The van der Waals surface area contributed by atoms with Crippen molar-refractivity contribution >= 4 is 17.0 Å². The fraction of sp³-hybridized carbons (Fsp3) is 0.333. The fourth-order valence-corrected chi connectivity index (χ4v) is 3.07. The van der Waals surface area contributed by atoms with Crippen LogP contribution in [0, 0.1) is 6.92 Å². The van der Waals surface area contributed by atoms with Gasteiger partial charge in [0.25, 0.3) is 0 Å². The van der Waals surface area contributed by atoms with Gasteiger partial charge in [-0.3, -0.25) is 0 Å². The molecular weight excluding hydrogens is 256 g/mol. The topological polar surface area (TPSA) is 33.3 Å². The van der Waals surface area contributed by atoms with Crippen molar-refractivity contribution in [1.29, 1.82) is 0 Å². The van der Waals surface area contributed by atoms with E-state index in [4.69, 9.17) is 4.74 Å². The maximum absolute atomic E-state index is 5.96. The van der Waals surface area contributed by atoms with Crippen LogP contribution >= 0.6 is 11.3 Å². The summed E-state index contributed by atoms with van der Waals surface area (Å²) in [5.74, 6) is 0.951. The number of benzene rings is 1. The molecule has 0 bridgehead atoms. The molecule has 2 heterocycles. The highest BCUT2D eigenvalue weighted by Gasteiger charge is 2.18. The van der Waals surface area contributed by atoms with E-state index in [9.17, 15) is 0 Å². The van der Waals surface area contributed by atoms with Gasteiger partial charge in [-0.25, -0.2) is 0 Å². The highest BCUT2D eigenvalue weighted by molar-refractivity contribution is 7.08. The quantitative estimate of drug-likeness (QED) is 0.899. The third-order valence-electron chi connectivity index (χ3n) is 3.35. The van der Waals surface area contributed by atoms with Gasteiger partial charge in [-0.2, -0.15) is 11.3 Å². The maximum atomic E-state index is 5.96. The van der Waals surface area contributed by atoms with Gasteiger partial charge in [0.2, 0.25) is 0 Å². The lowest BCUT2D eigenvalue weighted by Crippen LogP contribution is -2.39. The molecule has 2 aromatic rings. The van der Waals surface area contributed by atoms with Crippen LogP contribution in [0.5, 0.6) is 5.75 Å². The van der Waals surface area contributed by atoms with Gasteiger partial charge in [0.1, 0.15) is 11.9 Å². The molecule has 1 aliphatic rings. The smallest absolute Gasteiger partial charge is 0.142 e. The Bertz CT molecular complexity index is 553. The summed E-state index contributed by atoms with van der Waals surface area (Å²) in [6.45, 7) is 4.78. The number of hydrogen-bond donors (Lipinski definition) is 2. The molecule has 0 fully saturated rings. The average Bonchev–Trinajstić information content (AvgIpc) is 2.84. The normalized spacial score (nSPS) is 17.4. The van der Waals surface area contributed by atoms with Crippen molar-refractivity contribution in [1.82, 2.24) is 5.32 Å². The van der Waals surface area contributed by atoms with Crippen LogP contribution in [-0.4, -0.2) is 19.2 Å². The first-order valence-corrected chi connectivity index (χ1v) is 7.49. The van der Waals surface area contributed by atoms with E-state index in [2.05, 4.69) is 28.3 Å². The number of anilines is 1. The second-order valence-corrected chi connectivity index (χ2v) is 5.57. The van der Waals surface area contributed by atoms with Gasteiger partial charge in [-0.05, 0) is 40.9 Å². The van der Waals surface area contributed by atoms with Crippen molar-refractivity contribution in [3.05, 3.63) is 46.2 Å². The number of nitrogens with one attached hydrogen (secondary N) is 2. The SMILES string of the molecule is Cc1cscc1CNCC1CNc2ccccc2O1. The number of ether oxygens (including phenoxy) is 1. The van der Waals surface area contributed by atoms with Crippen LogP contribution in [0.1, 0.15) is 11.1 Å². The van der Waals surface area contributed by atoms with Crippen LogP contribution < -0.4 is 15.4 Å². The molecule has 19 heavy (non-hydrogen) atoms. The third-order valence-corrected chi connectivity index (χ3v) is 4.26. The van der Waals surface area contributed by atoms with Crippen molar-refractivity contribution in [2.45, 2.75) is 19.6 Å². The molecule has 0 radical (unpaired) electrons. The predicted octanol–water partition coefficient (Wildman–Crippen LogP) is 3.02. The standard InChI is InChI=1S/C15H18N2OS/c1-11-9-19-10-12(11)6-16-7-13-8-17-14-4-2-3-5-15(14)18-13/h2-5,9-10,13,16-17H,6-8H2,1H3. The lowest BCUT2D eigenvalue weighted by Gasteiger charge is -2.27. The molecule has 1 aromatic carbocycles. The maximum Gasteiger partial charge on any atom is 0.142 e. The first kappa shape index (κ1) is 12.5. The van der Waals surface area contributed by atoms with Crippen LogP contribution in [0.25, 0.3) is 0 Å². The number of fused-ring (bicyclic) bond motifs is 1. The first-order chi connectivity index (χ1) is 9.33. The summed E-state index contributed by atoms with van der Waals surface area (Å²) in [5, 5.41) is 11.3. The minimum Gasteiger partial charge on any atom is -0.485 e. The Morgan fingerprint density at radius 1 is 1.37 bits per heavy atom. The zero-order chi connectivity index (χ0) is 13.1. The molecule has 2 N–H and O–H groups in total. The number of para-hydroxylation sites is 2. The molecule has 3 nitrogen and oxygen atoms in total. The van der Waals surface area contributed by atoms with E-state index >= 15 is 0 Å². The minimum atomic E-state index is 0.189.